The van der Waals surface area contributed by atoms with E-state index >= 15 is 0 Å². The first-order valence-corrected chi connectivity index (χ1v) is 7.89. The monoisotopic (exact) mass is 341 g/mol. The summed E-state index contributed by atoms with van der Waals surface area (Å²) >= 11 is 0. The Morgan fingerprint density at radius 3 is 2.39 bits per heavy atom. The molecule has 0 amide bonds. The minimum atomic E-state index is -4.78. The van der Waals surface area contributed by atoms with Gasteiger partial charge in [-0.1, -0.05) is 24.3 Å². The van der Waals surface area contributed by atoms with Crippen molar-refractivity contribution in [2.24, 2.45) is 0 Å². The minimum Gasteiger partial charge on any atom is -0.276 e. The molecular weight excluding hydrogens is 331 g/mol. The number of benzene rings is 2. The van der Waals surface area contributed by atoms with Gasteiger partial charge in [0.15, 0.2) is 5.82 Å². The Balaban J connectivity index is 2.07. The highest BCUT2D eigenvalue weighted by Crippen LogP contribution is 2.34. The predicted molar refractivity (Wildman–Crippen MR) is 78.3 cm³/mol. The molecule has 1 aromatic heterocycles. The zero-order valence-electron chi connectivity index (χ0n) is 11.4. The second-order valence-corrected chi connectivity index (χ2v) is 6.37. The van der Waals surface area contributed by atoms with Crippen molar-refractivity contribution in [2.45, 2.75) is 11.1 Å². The maximum atomic E-state index is 13.0. The second kappa shape index (κ2) is 5.27. The Morgan fingerprint density at radius 2 is 1.65 bits per heavy atom. The third kappa shape index (κ3) is 2.87. The SMILES string of the molecule is O=S(=O)(Nc1n[nH]c2ccccc12)c1ccccc1C(F)(F)F. The van der Waals surface area contributed by atoms with Gasteiger partial charge in [0, 0.05) is 5.39 Å². The third-order valence-corrected chi connectivity index (χ3v) is 4.58. The molecule has 2 N–H and O–H groups in total. The number of nitrogens with one attached hydrogen (secondary N) is 2. The number of H-pyrrole nitrogens is 1. The molecule has 1 heterocycles. The Morgan fingerprint density at radius 1 is 1.00 bits per heavy atom. The Hall–Kier alpha value is -2.55. The molecule has 0 unspecified atom stereocenters. The maximum Gasteiger partial charge on any atom is 0.417 e. The van der Waals surface area contributed by atoms with Crippen LogP contribution >= 0.6 is 0 Å². The Bertz CT molecular complexity index is 965. The van der Waals surface area contributed by atoms with Gasteiger partial charge in [-0.25, -0.2) is 8.42 Å². The van der Waals surface area contributed by atoms with E-state index in [-0.39, 0.29) is 5.82 Å². The van der Waals surface area contributed by atoms with E-state index < -0.39 is 26.7 Å². The molecule has 0 atom stereocenters. The van der Waals surface area contributed by atoms with Crippen LogP contribution in [0.4, 0.5) is 19.0 Å². The van der Waals surface area contributed by atoms with Crippen molar-refractivity contribution in [3.8, 4) is 0 Å². The van der Waals surface area contributed by atoms with Crippen LogP contribution in [0, 0.1) is 0 Å². The van der Waals surface area contributed by atoms with Crippen LogP contribution in [0.3, 0.4) is 0 Å². The van der Waals surface area contributed by atoms with Crippen LogP contribution in [0.25, 0.3) is 10.9 Å². The first-order valence-electron chi connectivity index (χ1n) is 6.41. The molecule has 5 nitrogen and oxygen atoms in total. The summed E-state index contributed by atoms with van der Waals surface area (Å²) in [5, 5.41) is 6.87. The zero-order chi connectivity index (χ0) is 16.7. The molecule has 0 aliphatic carbocycles. The Kier molecular flexibility index (Phi) is 3.52. The molecule has 0 radical (unpaired) electrons. The standard InChI is InChI=1S/C14H10F3N3O2S/c15-14(16,17)10-6-2-4-8-12(10)23(21,22)20-13-9-5-1-3-7-11(9)18-19-13/h1-8H,(H2,18,19,20). The normalized spacial score (nSPS) is 12.5. The highest BCUT2D eigenvalue weighted by Gasteiger charge is 2.37. The molecule has 0 aliphatic heterocycles. The summed E-state index contributed by atoms with van der Waals surface area (Å²) in [6, 6.07) is 10.6. The first-order chi connectivity index (χ1) is 10.8. The molecule has 0 saturated heterocycles. The lowest BCUT2D eigenvalue weighted by Crippen LogP contribution is -2.19. The number of sulfonamides is 1. The van der Waals surface area contributed by atoms with E-state index in [1.54, 1.807) is 24.3 Å². The lowest BCUT2D eigenvalue weighted by molar-refractivity contribution is -0.139. The topological polar surface area (TPSA) is 74.8 Å². The van der Waals surface area contributed by atoms with Crippen molar-refractivity contribution in [1.29, 1.82) is 0 Å². The molecule has 3 aromatic rings. The number of nitrogens with zero attached hydrogens (tertiary/aromatic N) is 1. The van der Waals surface area contributed by atoms with E-state index in [1.807, 2.05) is 0 Å². The highest BCUT2D eigenvalue weighted by molar-refractivity contribution is 7.92. The minimum absolute atomic E-state index is 0.0578. The summed E-state index contributed by atoms with van der Waals surface area (Å²) in [5.41, 5.74) is -0.665. The van der Waals surface area contributed by atoms with Gasteiger partial charge in [-0.3, -0.25) is 9.82 Å². The summed E-state index contributed by atoms with van der Waals surface area (Å²) in [6.07, 6.45) is -4.78. The van der Waals surface area contributed by atoms with Crippen LogP contribution in [0.2, 0.25) is 0 Å². The van der Waals surface area contributed by atoms with Gasteiger partial charge in [-0.15, -0.1) is 0 Å². The van der Waals surface area contributed by atoms with Gasteiger partial charge in [0.1, 0.15) is 0 Å². The van der Waals surface area contributed by atoms with Crippen LogP contribution in [-0.4, -0.2) is 18.6 Å². The van der Waals surface area contributed by atoms with Crippen molar-refractivity contribution in [1.82, 2.24) is 10.2 Å². The molecular formula is C14H10F3N3O2S. The van der Waals surface area contributed by atoms with Crippen LogP contribution < -0.4 is 4.72 Å². The van der Waals surface area contributed by atoms with Gasteiger partial charge in [0.2, 0.25) is 0 Å². The quantitative estimate of drug-likeness (QED) is 0.767. The molecule has 0 aliphatic rings. The van der Waals surface area contributed by atoms with Gasteiger partial charge >= 0.3 is 6.18 Å². The average molecular weight is 341 g/mol. The second-order valence-electron chi connectivity index (χ2n) is 4.72. The van der Waals surface area contributed by atoms with Crippen LogP contribution in [0.5, 0.6) is 0 Å². The molecule has 3 rings (SSSR count). The van der Waals surface area contributed by atoms with Gasteiger partial charge in [0.25, 0.3) is 10.0 Å². The third-order valence-electron chi connectivity index (χ3n) is 3.18. The number of rotatable bonds is 3. The number of aromatic nitrogens is 2. The van der Waals surface area contributed by atoms with Crippen LogP contribution in [-0.2, 0) is 16.2 Å². The van der Waals surface area contributed by atoms with Gasteiger partial charge in [-0.05, 0) is 24.3 Å². The van der Waals surface area contributed by atoms with Crippen molar-refractivity contribution in [3.63, 3.8) is 0 Å². The van der Waals surface area contributed by atoms with Crippen molar-refractivity contribution < 1.29 is 21.6 Å². The van der Waals surface area contributed by atoms with Gasteiger partial charge in [-0.2, -0.15) is 18.3 Å². The number of fused-ring (bicyclic) bond motifs is 1. The molecule has 0 bridgehead atoms. The molecule has 0 saturated carbocycles. The first kappa shape index (κ1) is 15.3. The van der Waals surface area contributed by atoms with Crippen molar-refractivity contribution in [2.75, 3.05) is 4.72 Å². The van der Waals surface area contributed by atoms with E-state index in [2.05, 4.69) is 14.9 Å². The van der Waals surface area contributed by atoms with E-state index in [0.29, 0.717) is 10.9 Å². The summed E-state index contributed by atoms with van der Waals surface area (Å²) in [4.78, 5) is -0.848. The van der Waals surface area contributed by atoms with Crippen molar-refractivity contribution >= 4 is 26.7 Å². The maximum absolute atomic E-state index is 13.0. The number of anilines is 1. The number of hydrogen-bond acceptors (Lipinski definition) is 3. The zero-order valence-corrected chi connectivity index (χ0v) is 12.2. The van der Waals surface area contributed by atoms with E-state index in [0.717, 1.165) is 18.2 Å². The van der Waals surface area contributed by atoms with E-state index in [4.69, 9.17) is 0 Å². The summed E-state index contributed by atoms with van der Waals surface area (Å²) in [7, 11) is -4.44. The fraction of sp³-hybridized carbons (Fsp3) is 0.0714. The molecule has 2 aromatic carbocycles. The summed E-state index contributed by atoms with van der Waals surface area (Å²) in [5.74, 6) is -0.0578. The molecule has 9 heteroatoms. The smallest absolute Gasteiger partial charge is 0.276 e. The van der Waals surface area contributed by atoms with Crippen LogP contribution in [0.15, 0.2) is 53.4 Å². The fourth-order valence-electron chi connectivity index (χ4n) is 2.16. The number of hydrogen-bond donors (Lipinski definition) is 2. The van der Waals surface area contributed by atoms with E-state index in [9.17, 15) is 21.6 Å². The molecule has 0 fully saturated rings. The van der Waals surface area contributed by atoms with Gasteiger partial charge < -0.3 is 0 Å². The Labute approximate surface area is 129 Å². The highest BCUT2D eigenvalue weighted by atomic mass is 32.2. The number of halogens is 3. The average Bonchev–Trinajstić information content (AvgIpc) is 2.89. The number of para-hydroxylation sites is 1. The van der Waals surface area contributed by atoms with Gasteiger partial charge in [0.05, 0.1) is 16.0 Å². The van der Waals surface area contributed by atoms with Crippen molar-refractivity contribution in [3.05, 3.63) is 54.1 Å². The van der Waals surface area contributed by atoms with E-state index in [1.165, 1.54) is 6.07 Å². The molecule has 120 valence electrons. The number of aromatic amines is 1. The number of alkyl halides is 3. The lowest BCUT2D eigenvalue weighted by atomic mass is 10.2. The molecule has 0 spiro atoms. The van der Waals surface area contributed by atoms with Crippen LogP contribution in [0.1, 0.15) is 5.56 Å². The predicted octanol–water partition coefficient (Wildman–Crippen LogP) is 3.38. The lowest BCUT2D eigenvalue weighted by Gasteiger charge is -2.13. The summed E-state index contributed by atoms with van der Waals surface area (Å²) < 4.78 is 65.8. The fourth-order valence-corrected chi connectivity index (χ4v) is 3.41. The molecule has 23 heavy (non-hydrogen) atoms. The largest absolute Gasteiger partial charge is 0.417 e. The summed E-state index contributed by atoms with van der Waals surface area (Å²) in [6.45, 7) is 0.